The van der Waals surface area contributed by atoms with Gasteiger partial charge >= 0.3 is 0 Å². The first-order valence-corrected chi connectivity index (χ1v) is 7.07. The average Bonchev–Trinajstić information content (AvgIpc) is 2.32. The number of rotatable bonds is 6. The molecule has 0 spiro atoms. The molecule has 0 saturated heterocycles. The van der Waals surface area contributed by atoms with Gasteiger partial charge in [0.25, 0.3) is 5.91 Å². The quantitative estimate of drug-likeness (QED) is 0.643. The molecule has 1 rings (SSSR count). The normalized spacial score (nSPS) is 10.8. The molecule has 0 aromatic carbocycles. The largest absolute Gasteiger partial charge is 0.384 e. The minimum absolute atomic E-state index is 0.0397. The maximum atomic E-state index is 12.5. The van der Waals surface area contributed by atoms with Crippen LogP contribution in [0, 0.1) is 0 Å². The zero-order chi connectivity index (χ0) is 14.4. The van der Waals surface area contributed by atoms with Crippen LogP contribution >= 0.6 is 11.6 Å². The number of aromatic nitrogens is 1. The minimum atomic E-state index is -0.0397. The SMILES string of the molecule is CCCCCN(C(=O)c1cc(N)nc(Cl)c1)C(C)C. The standard InChI is InChI=1S/C14H22ClN3O/c1-4-5-6-7-18(10(2)3)14(19)11-8-12(15)17-13(16)9-11/h8-10H,4-7H2,1-3H3,(H2,16,17). The highest BCUT2D eigenvalue weighted by Crippen LogP contribution is 2.16. The summed E-state index contributed by atoms with van der Waals surface area (Å²) < 4.78 is 0. The third-order valence-electron chi connectivity index (χ3n) is 2.95. The zero-order valence-corrected chi connectivity index (χ0v) is 12.6. The van der Waals surface area contributed by atoms with E-state index in [0.717, 1.165) is 25.8 Å². The lowest BCUT2D eigenvalue weighted by Crippen LogP contribution is -2.37. The summed E-state index contributed by atoms with van der Waals surface area (Å²) in [5.74, 6) is 0.232. The fraction of sp³-hybridized carbons (Fsp3) is 0.571. The number of carbonyl (C=O) groups is 1. The summed E-state index contributed by atoms with van der Waals surface area (Å²) in [4.78, 5) is 18.2. The molecular formula is C14H22ClN3O. The third kappa shape index (κ3) is 4.71. The molecule has 0 aliphatic rings. The molecule has 0 radical (unpaired) electrons. The van der Waals surface area contributed by atoms with Crippen LogP contribution in [0.5, 0.6) is 0 Å². The minimum Gasteiger partial charge on any atom is -0.384 e. The van der Waals surface area contributed by atoms with Gasteiger partial charge in [0.2, 0.25) is 0 Å². The van der Waals surface area contributed by atoms with Crippen molar-refractivity contribution in [2.24, 2.45) is 0 Å². The Kier molecular flexibility index (Phi) is 6.09. The Labute approximate surface area is 120 Å². The van der Waals surface area contributed by atoms with Gasteiger partial charge in [-0.25, -0.2) is 4.98 Å². The number of hydrogen-bond acceptors (Lipinski definition) is 3. The van der Waals surface area contributed by atoms with Gasteiger partial charge < -0.3 is 10.6 Å². The molecule has 0 aliphatic carbocycles. The predicted octanol–water partition coefficient (Wildman–Crippen LogP) is 3.36. The smallest absolute Gasteiger partial charge is 0.254 e. The first-order valence-electron chi connectivity index (χ1n) is 6.69. The zero-order valence-electron chi connectivity index (χ0n) is 11.8. The summed E-state index contributed by atoms with van der Waals surface area (Å²) >= 11 is 5.84. The number of nitrogens with two attached hydrogens (primary N) is 1. The van der Waals surface area contributed by atoms with Gasteiger partial charge in [0.15, 0.2) is 0 Å². The Morgan fingerprint density at radius 1 is 1.42 bits per heavy atom. The van der Waals surface area contributed by atoms with E-state index in [1.54, 1.807) is 12.1 Å². The van der Waals surface area contributed by atoms with Crippen molar-refractivity contribution in [3.63, 3.8) is 0 Å². The lowest BCUT2D eigenvalue weighted by molar-refractivity contribution is 0.0702. The van der Waals surface area contributed by atoms with Crippen molar-refractivity contribution in [3.8, 4) is 0 Å². The van der Waals surface area contributed by atoms with Crippen LogP contribution in [0.25, 0.3) is 0 Å². The van der Waals surface area contributed by atoms with E-state index in [2.05, 4.69) is 11.9 Å². The number of pyridine rings is 1. The van der Waals surface area contributed by atoms with E-state index >= 15 is 0 Å². The second-order valence-electron chi connectivity index (χ2n) is 4.90. The Bertz CT molecular complexity index is 414. The first-order chi connectivity index (χ1) is 8.95. The maximum absolute atomic E-state index is 12.5. The van der Waals surface area contributed by atoms with Gasteiger partial charge in [0.05, 0.1) is 0 Å². The molecule has 0 aliphatic heterocycles. The van der Waals surface area contributed by atoms with E-state index in [1.165, 1.54) is 0 Å². The van der Waals surface area contributed by atoms with Crippen molar-refractivity contribution >= 4 is 23.3 Å². The van der Waals surface area contributed by atoms with Crippen molar-refractivity contribution in [1.29, 1.82) is 0 Å². The topological polar surface area (TPSA) is 59.2 Å². The molecule has 1 amide bonds. The number of nitrogens with zero attached hydrogens (tertiary/aromatic N) is 2. The highest BCUT2D eigenvalue weighted by molar-refractivity contribution is 6.29. The van der Waals surface area contributed by atoms with Gasteiger partial charge in [-0.05, 0) is 32.4 Å². The van der Waals surface area contributed by atoms with Gasteiger partial charge in [-0.15, -0.1) is 0 Å². The number of unbranched alkanes of at least 4 members (excludes halogenated alkanes) is 2. The van der Waals surface area contributed by atoms with Crippen molar-refractivity contribution in [2.75, 3.05) is 12.3 Å². The van der Waals surface area contributed by atoms with Crippen LogP contribution < -0.4 is 5.73 Å². The Morgan fingerprint density at radius 3 is 2.63 bits per heavy atom. The van der Waals surface area contributed by atoms with Crippen LogP contribution in [0.1, 0.15) is 50.4 Å². The van der Waals surface area contributed by atoms with E-state index in [4.69, 9.17) is 17.3 Å². The number of halogens is 1. The van der Waals surface area contributed by atoms with Crippen LogP contribution in [0.4, 0.5) is 5.82 Å². The Balaban J connectivity index is 2.86. The summed E-state index contributed by atoms with van der Waals surface area (Å²) in [5.41, 5.74) is 6.13. The first kappa shape index (κ1) is 15.8. The monoisotopic (exact) mass is 283 g/mol. The molecule has 4 nitrogen and oxygen atoms in total. The molecule has 0 saturated carbocycles. The molecular weight excluding hydrogens is 262 g/mol. The molecule has 1 aromatic rings. The number of hydrogen-bond donors (Lipinski definition) is 1. The molecule has 1 heterocycles. The molecule has 0 atom stereocenters. The van der Waals surface area contributed by atoms with Gasteiger partial charge in [-0.3, -0.25) is 4.79 Å². The number of nitrogen functional groups attached to an aromatic ring is 1. The molecule has 1 aromatic heterocycles. The third-order valence-corrected chi connectivity index (χ3v) is 3.14. The van der Waals surface area contributed by atoms with Crippen molar-refractivity contribution in [3.05, 3.63) is 22.8 Å². The molecule has 0 fully saturated rings. The summed E-state index contributed by atoms with van der Waals surface area (Å²) in [6, 6.07) is 3.29. The number of anilines is 1. The van der Waals surface area contributed by atoms with Crippen LogP contribution in [-0.4, -0.2) is 28.4 Å². The van der Waals surface area contributed by atoms with E-state index in [0.29, 0.717) is 5.56 Å². The maximum Gasteiger partial charge on any atom is 0.254 e. The average molecular weight is 284 g/mol. The predicted molar refractivity (Wildman–Crippen MR) is 79.4 cm³/mol. The van der Waals surface area contributed by atoms with Crippen molar-refractivity contribution in [2.45, 2.75) is 46.1 Å². The molecule has 0 bridgehead atoms. The summed E-state index contributed by atoms with van der Waals surface area (Å²) in [5, 5.41) is 0.251. The fourth-order valence-electron chi connectivity index (χ4n) is 1.93. The summed E-state index contributed by atoms with van der Waals surface area (Å²) in [6.07, 6.45) is 3.26. The molecule has 0 unspecified atom stereocenters. The Morgan fingerprint density at radius 2 is 2.11 bits per heavy atom. The van der Waals surface area contributed by atoms with E-state index in [9.17, 15) is 4.79 Å². The van der Waals surface area contributed by atoms with Crippen molar-refractivity contribution in [1.82, 2.24) is 9.88 Å². The van der Waals surface area contributed by atoms with Crippen LogP contribution in [0.3, 0.4) is 0 Å². The van der Waals surface area contributed by atoms with Crippen LogP contribution in [0.2, 0.25) is 5.15 Å². The second-order valence-corrected chi connectivity index (χ2v) is 5.29. The van der Waals surface area contributed by atoms with Gasteiger partial charge in [0, 0.05) is 18.2 Å². The molecule has 5 heteroatoms. The molecule has 106 valence electrons. The summed E-state index contributed by atoms with van der Waals surface area (Å²) in [7, 11) is 0. The Hall–Kier alpha value is -1.29. The van der Waals surface area contributed by atoms with E-state index in [-0.39, 0.29) is 22.9 Å². The number of amides is 1. The van der Waals surface area contributed by atoms with Crippen LogP contribution in [-0.2, 0) is 0 Å². The van der Waals surface area contributed by atoms with Crippen molar-refractivity contribution < 1.29 is 4.79 Å². The number of carbonyl (C=O) groups excluding carboxylic acids is 1. The molecule has 19 heavy (non-hydrogen) atoms. The highest BCUT2D eigenvalue weighted by atomic mass is 35.5. The second kappa shape index (κ2) is 7.34. The van der Waals surface area contributed by atoms with Gasteiger partial charge in [-0.2, -0.15) is 0 Å². The lowest BCUT2D eigenvalue weighted by Gasteiger charge is -2.27. The van der Waals surface area contributed by atoms with Crippen LogP contribution in [0.15, 0.2) is 12.1 Å². The van der Waals surface area contributed by atoms with Gasteiger partial charge in [-0.1, -0.05) is 31.4 Å². The highest BCUT2D eigenvalue weighted by Gasteiger charge is 2.19. The van der Waals surface area contributed by atoms with Gasteiger partial charge in [0.1, 0.15) is 11.0 Å². The fourth-order valence-corrected chi connectivity index (χ4v) is 2.15. The summed E-state index contributed by atoms with van der Waals surface area (Å²) in [6.45, 7) is 6.92. The molecule has 2 N–H and O–H groups in total. The van der Waals surface area contributed by atoms with E-state index < -0.39 is 0 Å². The van der Waals surface area contributed by atoms with E-state index in [1.807, 2.05) is 18.7 Å². The lowest BCUT2D eigenvalue weighted by atomic mass is 10.1.